The second-order valence-corrected chi connectivity index (χ2v) is 8.82. The van der Waals surface area contributed by atoms with E-state index in [0.29, 0.717) is 0 Å². The maximum absolute atomic E-state index is 9.54. The monoisotopic (exact) mass is 452 g/mol. The molecule has 0 aliphatic carbocycles. The van der Waals surface area contributed by atoms with Gasteiger partial charge in [0.1, 0.15) is 0 Å². The standard InChI is InChI=1S/C32H52O/c1-3-5-6-7-8-9-10-11-12-13-14-15-16-17-18-19-20-21-22-23-24-25-26-27-28-29-30-31-32(33)4-2/h3,5-16,32-33H,1,4,17-31H2,2H3/b6-5+,8-7+,10-9+,12-11+,14-13+,16-15+. The Hall–Kier alpha value is -1.86. The van der Waals surface area contributed by atoms with Gasteiger partial charge in [-0.25, -0.2) is 0 Å². The molecule has 0 spiro atoms. The van der Waals surface area contributed by atoms with Crippen LogP contribution in [0, 0.1) is 0 Å². The molecule has 1 unspecified atom stereocenters. The number of hydrogen-bond acceptors (Lipinski definition) is 1. The number of aliphatic hydroxyl groups is 1. The molecular formula is C32H52O. The Bertz CT molecular complexity index is 573. The van der Waals surface area contributed by atoms with Gasteiger partial charge in [-0.2, -0.15) is 0 Å². The molecule has 0 amide bonds. The van der Waals surface area contributed by atoms with E-state index < -0.39 is 0 Å². The smallest absolute Gasteiger partial charge is 0.0537 e. The van der Waals surface area contributed by atoms with Gasteiger partial charge >= 0.3 is 0 Å². The predicted molar refractivity (Wildman–Crippen MR) is 151 cm³/mol. The van der Waals surface area contributed by atoms with Crippen molar-refractivity contribution in [3.8, 4) is 0 Å². The van der Waals surface area contributed by atoms with E-state index in [-0.39, 0.29) is 6.10 Å². The Morgan fingerprint density at radius 3 is 1.30 bits per heavy atom. The highest BCUT2D eigenvalue weighted by atomic mass is 16.3. The molecule has 0 aromatic carbocycles. The van der Waals surface area contributed by atoms with Crippen LogP contribution >= 0.6 is 0 Å². The van der Waals surface area contributed by atoms with E-state index in [0.717, 1.165) is 12.8 Å². The van der Waals surface area contributed by atoms with Gasteiger partial charge in [0, 0.05) is 0 Å². The lowest BCUT2D eigenvalue weighted by molar-refractivity contribution is 0.156. The quantitative estimate of drug-likeness (QED) is 0.121. The van der Waals surface area contributed by atoms with Crippen LogP contribution in [-0.4, -0.2) is 11.2 Å². The van der Waals surface area contributed by atoms with Crippen molar-refractivity contribution in [1.82, 2.24) is 0 Å². The normalized spacial score (nSPS) is 13.8. The topological polar surface area (TPSA) is 20.2 Å². The number of hydrogen-bond donors (Lipinski definition) is 1. The van der Waals surface area contributed by atoms with Crippen LogP contribution in [0.2, 0.25) is 0 Å². The molecule has 1 N–H and O–H groups in total. The summed E-state index contributed by atoms with van der Waals surface area (Å²) in [5.74, 6) is 0. The zero-order valence-electron chi connectivity index (χ0n) is 21.6. The fourth-order valence-corrected chi connectivity index (χ4v) is 3.62. The van der Waals surface area contributed by atoms with E-state index in [4.69, 9.17) is 0 Å². The largest absolute Gasteiger partial charge is 0.393 e. The van der Waals surface area contributed by atoms with E-state index >= 15 is 0 Å². The Morgan fingerprint density at radius 1 is 0.515 bits per heavy atom. The van der Waals surface area contributed by atoms with Crippen LogP contribution in [0.1, 0.15) is 110 Å². The second-order valence-electron chi connectivity index (χ2n) is 8.82. The zero-order chi connectivity index (χ0) is 24.1. The average Bonchev–Trinajstić information content (AvgIpc) is 2.83. The molecule has 0 saturated carbocycles. The van der Waals surface area contributed by atoms with Gasteiger partial charge in [0.05, 0.1) is 6.10 Å². The molecule has 0 bridgehead atoms. The highest BCUT2D eigenvalue weighted by Crippen LogP contribution is 2.14. The lowest BCUT2D eigenvalue weighted by Gasteiger charge is -2.06. The Morgan fingerprint density at radius 2 is 0.879 bits per heavy atom. The van der Waals surface area contributed by atoms with Crippen molar-refractivity contribution in [2.45, 2.75) is 116 Å². The van der Waals surface area contributed by atoms with Gasteiger partial charge in [-0.1, -0.05) is 170 Å². The first-order valence-electron chi connectivity index (χ1n) is 13.6. The molecule has 0 aromatic rings. The summed E-state index contributed by atoms with van der Waals surface area (Å²) >= 11 is 0. The van der Waals surface area contributed by atoms with Crippen molar-refractivity contribution in [2.24, 2.45) is 0 Å². The summed E-state index contributed by atoms with van der Waals surface area (Å²) in [6.45, 7) is 5.69. The van der Waals surface area contributed by atoms with Crippen LogP contribution < -0.4 is 0 Å². The summed E-state index contributed by atoms with van der Waals surface area (Å²) in [4.78, 5) is 0. The molecule has 1 nitrogen and oxygen atoms in total. The summed E-state index contributed by atoms with van der Waals surface area (Å²) in [5, 5.41) is 9.54. The molecule has 1 atom stereocenters. The summed E-state index contributed by atoms with van der Waals surface area (Å²) < 4.78 is 0. The molecule has 0 fully saturated rings. The molecule has 0 radical (unpaired) electrons. The summed E-state index contributed by atoms with van der Waals surface area (Å²) in [6, 6.07) is 0. The highest BCUT2D eigenvalue weighted by Gasteiger charge is 1.99. The summed E-state index contributed by atoms with van der Waals surface area (Å²) in [7, 11) is 0. The predicted octanol–water partition coefficient (Wildman–Crippen LogP) is 10.1. The third kappa shape index (κ3) is 28.1. The van der Waals surface area contributed by atoms with Crippen LogP contribution in [0.3, 0.4) is 0 Å². The Balaban J connectivity index is 3.33. The fraction of sp³-hybridized carbons (Fsp3) is 0.562. The Labute approximate surface area is 206 Å². The second kappa shape index (κ2) is 28.2. The summed E-state index contributed by atoms with van der Waals surface area (Å²) in [6.07, 6.45) is 47.1. The van der Waals surface area contributed by atoms with E-state index in [1.807, 2.05) is 42.5 Å². The van der Waals surface area contributed by atoms with Crippen molar-refractivity contribution in [2.75, 3.05) is 0 Å². The van der Waals surface area contributed by atoms with E-state index in [9.17, 15) is 5.11 Å². The van der Waals surface area contributed by atoms with Crippen LogP contribution in [0.5, 0.6) is 0 Å². The highest BCUT2D eigenvalue weighted by molar-refractivity contribution is 5.20. The maximum atomic E-state index is 9.54. The molecular weight excluding hydrogens is 400 g/mol. The maximum Gasteiger partial charge on any atom is 0.0537 e. The van der Waals surface area contributed by atoms with Gasteiger partial charge in [0.2, 0.25) is 0 Å². The lowest BCUT2D eigenvalue weighted by atomic mass is 10.0. The van der Waals surface area contributed by atoms with Crippen molar-refractivity contribution in [1.29, 1.82) is 0 Å². The molecule has 0 rings (SSSR count). The van der Waals surface area contributed by atoms with E-state index in [1.54, 1.807) is 6.08 Å². The number of rotatable bonds is 23. The number of unbranched alkanes of at least 4 members (excludes halogenated alkanes) is 13. The minimum Gasteiger partial charge on any atom is -0.393 e. The lowest BCUT2D eigenvalue weighted by Crippen LogP contribution is -2.03. The van der Waals surface area contributed by atoms with E-state index in [1.165, 1.54) is 89.9 Å². The average molecular weight is 453 g/mol. The van der Waals surface area contributed by atoms with Crippen LogP contribution in [-0.2, 0) is 0 Å². The molecule has 1 heteroatoms. The molecule has 0 aliphatic rings. The molecule has 0 heterocycles. The molecule has 0 aromatic heterocycles. The van der Waals surface area contributed by atoms with Crippen molar-refractivity contribution in [3.05, 3.63) is 85.6 Å². The van der Waals surface area contributed by atoms with Gasteiger partial charge in [-0.3, -0.25) is 0 Å². The van der Waals surface area contributed by atoms with E-state index in [2.05, 4.69) is 43.9 Å². The molecule has 33 heavy (non-hydrogen) atoms. The zero-order valence-corrected chi connectivity index (χ0v) is 21.6. The minimum atomic E-state index is -0.0661. The minimum absolute atomic E-state index is 0.0661. The van der Waals surface area contributed by atoms with Crippen molar-refractivity contribution < 1.29 is 5.11 Å². The van der Waals surface area contributed by atoms with Crippen LogP contribution in [0.15, 0.2) is 85.6 Å². The SMILES string of the molecule is C=C/C=C/C=C/C=C/C=C/C=C/C=C/CCCCCCCCCCCCCCCC(O)CC. The van der Waals surface area contributed by atoms with Gasteiger partial charge in [0.15, 0.2) is 0 Å². The van der Waals surface area contributed by atoms with Crippen LogP contribution in [0.4, 0.5) is 0 Å². The van der Waals surface area contributed by atoms with Gasteiger partial charge in [-0.05, 0) is 25.7 Å². The number of aliphatic hydroxyl groups excluding tert-OH is 1. The first kappa shape index (κ1) is 31.1. The summed E-state index contributed by atoms with van der Waals surface area (Å²) in [5.41, 5.74) is 0. The molecule has 0 aliphatic heterocycles. The third-order valence-corrected chi connectivity index (χ3v) is 5.76. The molecule has 0 saturated heterocycles. The van der Waals surface area contributed by atoms with Crippen LogP contribution in [0.25, 0.3) is 0 Å². The number of allylic oxidation sites excluding steroid dienone is 13. The third-order valence-electron chi connectivity index (χ3n) is 5.76. The van der Waals surface area contributed by atoms with Gasteiger partial charge in [0.25, 0.3) is 0 Å². The Kier molecular flexibility index (Phi) is 26.6. The van der Waals surface area contributed by atoms with Gasteiger partial charge < -0.3 is 5.11 Å². The first-order chi connectivity index (χ1) is 16.3. The molecule has 186 valence electrons. The first-order valence-corrected chi connectivity index (χ1v) is 13.6. The van der Waals surface area contributed by atoms with Crippen molar-refractivity contribution >= 4 is 0 Å². The van der Waals surface area contributed by atoms with Crippen molar-refractivity contribution in [3.63, 3.8) is 0 Å². The fourth-order valence-electron chi connectivity index (χ4n) is 3.62. The van der Waals surface area contributed by atoms with Gasteiger partial charge in [-0.15, -0.1) is 0 Å².